The van der Waals surface area contributed by atoms with Crippen LogP contribution in [0.3, 0.4) is 0 Å². The Morgan fingerprint density at radius 2 is 1.74 bits per heavy atom. The topological polar surface area (TPSA) is 97.3 Å². The maximum absolute atomic E-state index is 14.6. The second kappa shape index (κ2) is 11.2. The van der Waals surface area contributed by atoms with Gasteiger partial charge in [0.15, 0.2) is 0 Å². The van der Waals surface area contributed by atoms with E-state index in [0.29, 0.717) is 17.7 Å². The van der Waals surface area contributed by atoms with E-state index in [1.54, 1.807) is 24.1 Å². The zero-order chi connectivity index (χ0) is 27.3. The van der Waals surface area contributed by atoms with E-state index in [0.717, 1.165) is 29.8 Å². The summed E-state index contributed by atoms with van der Waals surface area (Å²) in [5.74, 6) is 3.10. The van der Waals surface area contributed by atoms with Gasteiger partial charge in [0.1, 0.15) is 29.9 Å². The van der Waals surface area contributed by atoms with E-state index in [2.05, 4.69) is 21.9 Å². The second-order valence-corrected chi connectivity index (χ2v) is 8.79. The van der Waals surface area contributed by atoms with E-state index in [1.165, 1.54) is 29.5 Å². The van der Waals surface area contributed by atoms with Crippen molar-refractivity contribution in [1.29, 1.82) is 0 Å². The zero-order valence-electron chi connectivity index (χ0n) is 20.2. The quantitative estimate of drug-likeness (QED) is 0.214. The molecular formula is C27H22F3N5O3. The molecule has 8 nitrogen and oxygen atoms in total. The fourth-order valence-electron chi connectivity index (χ4n) is 4.05. The SMILES string of the molecule is CN(Cc1ccc(C#Cc2ccc([N+](=O)[O-])c(F)c2)cc1)CC(O)(Cn1cncn1)c1ccc(F)cc1F. The molecule has 3 aromatic carbocycles. The van der Waals surface area contributed by atoms with Crippen molar-refractivity contribution in [2.75, 3.05) is 13.6 Å². The van der Waals surface area contributed by atoms with Crippen molar-refractivity contribution in [2.24, 2.45) is 0 Å². The molecular weight excluding hydrogens is 499 g/mol. The van der Waals surface area contributed by atoms with Crippen LogP contribution in [0, 0.1) is 39.4 Å². The first-order valence-electron chi connectivity index (χ1n) is 11.4. The van der Waals surface area contributed by atoms with Crippen LogP contribution in [0.1, 0.15) is 22.3 Å². The lowest BCUT2D eigenvalue weighted by Crippen LogP contribution is -2.43. The third-order valence-electron chi connectivity index (χ3n) is 5.76. The highest BCUT2D eigenvalue weighted by Gasteiger charge is 2.34. The summed E-state index contributed by atoms with van der Waals surface area (Å²) in [5, 5.41) is 26.2. The summed E-state index contributed by atoms with van der Waals surface area (Å²) in [6.07, 6.45) is 2.70. The van der Waals surface area contributed by atoms with Crippen LogP contribution >= 0.6 is 0 Å². The predicted octanol–water partition coefficient (Wildman–Crippen LogP) is 4.02. The molecule has 1 N–H and O–H groups in total. The van der Waals surface area contributed by atoms with Gasteiger partial charge in [-0.1, -0.05) is 30.0 Å². The monoisotopic (exact) mass is 521 g/mol. The molecule has 0 saturated heterocycles. The first-order chi connectivity index (χ1) is 18.1. The van der Waals surface area contributed by atoms with Gasteiger partial charge in [0.2, 0.25) is 5.82 Å². The molecule has 1 unspecified atom stereocenters. The fraction of sp³-hybridized carbons (Fsp3) is 0.185. The molecule has 0 spiro atoms. The van der Waals surface area contributed by atoms with E-state index in [-0.39, 0.29) is 18.7 Å². The van der Waals surface area contributed by atoms with Crippen LogP contribution in [0.25, 0.3) is 0 Å². The number of aliphatic hydroxyl groups is 1. The van der Waals surface area contributed by atoms with Crippen molar-refractivity contribution < 1.29 is 23.2 Å². The Labute approximate surface area is 216 Å². The van der Waals surface area contributed by atoms with Crippen molar-refractivity contribution in [3.63, 3.8) is 0 Å². The average molecular weight is 521 g/mol. The van der Waals surface area contributed by atoms with Gasteiger partial charge < -0.3 is 5.11 Å². The maximum Gasteiger partial charge on any atom is 0.304 e. The van der Waals surface area contributed by atoms with Crippen molar-refractivity contribution in [3.05, 3.63) is 123 Å². The van der Waals surface area contributed by atoms with Gasteiger partial charge in [-0.3, -0.25) is 15.0 Å². The summed E-state index contributed by atoms with van der Waals surface area (Å²) in [7, 11) is 1.75. The largest absolute Gasteiger partial charge is 0.382 e. The Hall–Kier alpha value is -4.53. The van der Waals surface area contributed by atoms with Crippen LogP contribution in [0.5, 0.6) is 0 Å². The number of rotatable bonds is 8. The normalized spacial score (nSPS) is 12.6. The van der Waals surface area contributed by atoms with Crippen molar-refractivity contribution in [1.82, 2.24) is 19.7 Å². The highest BCUT2D eigenvalue weighted by molar-refractivity contribution is 5.46. The lowest BCUT2D eigenvalue weighted by atomic mass is 9.92. The van der Waals surface area contributed by atoms with E-state index in [1.807, 2.05) is 12.1 Å². The standard InChI is InChI=1S/C27H22F3N5O3/c1-33(15-27(36,16-34-18-31-17-32-34)23-10-9-22(28)13-24(23)29)14-21-6-3-19(4-7-21)2-5-20-8-11-26(35(37)38)25(30)12-20/h3-4,6-13,17-18,36H,14-16H2,1H3. The lowest BCUT2D eigenvalue weighted by molar-refractivity contribution is -0.387. The van der Waals surface area contributed by atoms with Gasteiger partial charge in [0.05, 0.1) is 11.5 Å². The number of halogens is 3. The van der Waals surface area contributed by atoms with Gasteiger partial charge in [0, 0.05) is 41.9 Å². The van der Waals surface area contributed by atoms with Gasteiger partial charge in [-0.2, -0.15) is 9.49 Å². The van der Waals surface area contributed by atoms with Gasteiger partial charge >= 0.3 is 5.69 Å². The molecule has 4 rings (SSSR count). The summed E-state index contributed by atoms with van der Waals surface area (Å²) in [5.41, 5.74) is -0.579. The highest BCUT2D eigenvalue weighted by atomic mass is 19.1. The van der Waals surface area contributed by atoms with Crippen LogP contribution in [-0.2, 0) is 18.7 Å². The molecule has 0 aliphatic carbocycles. The predicted molar refractivity (Wildman–Crippen MR) is 132 cm³/mol. The van der Waals surface area contributed by atoms with Gasteiger partial charge in [0.25, 0.3) is 0 Å². The third-order valence-corrected chi connectivity index (χ3v) is 5.76. The molecule has 1 aromatic heterocycles. The molecule has 0 aliphatic heterocycles. The van der Waals surface area contributed by atoms with E-state index in [9.17, 15) is 28.4 Å². The average Bonchev–Trinajstić information content (AvgIpc) is 3.35. The lowest BCUT2D eigenvalue weighted by Gasteiger charge is -2.33. The minimum absolute atomic E-state index is 0.00266. The summed E-state index contributed by atoms with van der Waals surface area (Å²) < 4.78 is 43.3. The third kappa shape index (κ3) is 6.42. The Kier molecular flexibility index (Phi) is 7.85. The van der Waals surface area contributed by atoms with Gasteiger partial charge in [-0.15, -0.1) is 0 Å². The molecule has 0 amide bonds. The molecule has 1 atom stereocenters. The Morgan fingerprint density at radius 3 is 2.37 bits per heavy atom. The number of likely N-dealkylation sites (N-methyl/N-ethyl adjacent to an activating group) is 1. The minimum atomic E-state index is -1.73. The van der Waals surface area contributed by atoms with Crippen LogP contribution in [0.4, 0.5) is 18.9 Å². The van der Waals surface area contributed by atoms with Crippen LogP contribution in [-0.4, -0.2) is 43.3 Å². The molecule has 4 aromatic rings. The summed E-state index contributed by atoms with van der Waals surface area (Å²) in [6.45, 7) is 0.296. The molecule has 0 aliphatic rings. The van der Waals surface area contributed by atoms with Crippen LogP contribution in [0.2, 0.25) is 0 Å². The summed E-state index contributed by atoms with van der Waals surface area (Å²) in [4.78, 5) is 15.6. The second-order valence-electron chi connectivity index (χ2n) is 8.79. The van der Waals surface area contributed by atoms with E-state index >= 15 is 0 Å². The minimum Gasteiger partial charge on any atom is -0.382 e. The first-order valence-corrected chi connectivity index (χ1v) is 11.4. The van der Waals surface area contributed by atoms with Gasteiger partial charge in [-0.25, -0.2) is 18.4 Å². The molecule has 0 bridgehead atoms. The first kappa shape index (κ1) is 26.5. The highest BCUT2D eigenvalue weighted by Crippen LogP contribution is 2.28. The summed E-state index contributed by atoms with van der Waals surface area (Å²) >= 11 is 0. The van der Waals surface area contributed by atoms with E-state index in [4.69, 9.17) is 0 Å². The Bertz CT molecular complexity index is 1500. The molecule has 11 heteroatoms. The Morgan fingerprint density at radius 1 is 1.03 bits per heavy atom. The smallest absolute Gasteiger partial charge is 0.304 e. The summed E-state index contributed by atoms with van der Waals surface area (Å²) in [6, 6.07) is 13.7. The number of nitrogens with zero attached hydrogens (tertiary/aromatic N) is 5. The fourth-order valence-corrected chi connectivity index (χ4v) is 4.05. The molecule has 194 valence electrons. The molecule has 1 heterocycles. The molecule has 0 radical (unpaired) electrons. The number of benzene rings is 3. The number of nitro benzene ring substituents is 1. The molecule has 38 heavy (non-hydrogen) atoms. The van der Waals surface area contributed by atoms with Crippen LogP contribution in [0.15, 0.2) is 73.3 Å². The number of nitro groups is 1. The molecule has 0 fully saturated rings. The van der Waals surface area contributed by atoms with E-state index < -0.39 is 33.7 Å². The molecule has 0 saturated carbocycles. The van der Waals surface area contributed by atoms with Crippen molar-refractivity contribution in [2.45, 2.75) is 18.7 Å². The van der Waals surface area contributed by atoms with Crippen molar-refractivity contribution in [3.8, 4) is 11.8 Å². The Balaban J connectivity index is 1.46. The number of aromatic nitrogens is 3. The van der Waals surface area contributed by atoms with Crippen molar-refractivity contribution >= 4 is 5.69 Å². The number of hydrogen-bond donors (Lipinski definition) is 1. The maximum atomic E-state index is 14.6. The number of hydrogen-bond acceptors (Lipinski definition) is 6. The van der Waals surface area contributed by atoms with Crippen LogP contribution < -0.4 is 0 Å². The zero-order valence-corrected chi connectivity index (χ0v) is 20.2. The van der Waals surface area contributed by atoms with Gasteiger partial charge in [-0.05, 0) is 42.9 Å².